The molecule has 52 heavy (non-hydrogen) atoms. The van der Waals surface area contributed by atoms with Crippen LogP contribution in [0.4, 0.5) is 0 Å². The van der Waals surface area contributed by atoms with Gasteiger partial charge in [0.1, 0.15) is 11.5 Å². The Balaban J connectivity index is 1.24. The number of aromatic nitrogens is 2. The molecule has 0 fully saturated rings. The molecule has 244 valence electrons. The summed E-state index contributed by atoms with van der Waals surface area (Å²) >= 11 is 0. The first-order chi connectivity index (χ1) is 25.8. The molecule has 2 aromatic heterocycles. The minimum Gasteiger partial charge on any atom is -0.458 e. The first-order valence-corrected chi connectivity index (χ1v) is 19.9. The van der Waals surface area contributed by atoms with Gasteiger partial charge in [-0.3, -0.25) is 0 Å². The van der Waals surface area contributed by atoms with Crippen molar-refractivity contribution < 1.29 is 4.74 Å². The molecule has 0 bridgehead atoms. The molecule has 1 aliphatic rings. The van der Waals surface area contributed by atoms with Crippen molar-refractivity contribution in [3.05, 3.63) is 194 Å². The second-order valence-corrected chi connectivity index (χ2v) is 17.4. The highest BCUT2D eigenvalue weighted by Gasteiger charge is 2.48. The van der Waals surface area contributed by atoms with E-state index < -0.39 is 8.07 Å². The van der Waals surface area contributed by atoms with E-state index in [2.05, 4.69) is 203 Å². The molecule has 0 saturated heterocycles. The zero-order chi connectivity index (χ0) is 34.2. The van der Waals surface area contributed by atoms with E-state index in [4.69, 9.17) is 4.74 Å². The van der Waals surface area contributed by atoms with E-state index in [1.807, 2.05) is 0 Å². The van der Waals surface area contributed by atoms with Crippen LogP contribution in [0.3, 0.4) is 0 Å². The van der Waals surface area contributed by atoms with Crippen molar-refractivity contribution in [1.29, 1.82) is 0 Å². The van der Waals surface area contributed by atoms with E-state index in [1.54, 1.807) is 0 Å². The predicted molar refractivity (Wildman–Crippen MR) is 219 cm³/mol. The van der Waals surface area contributed by atoms with Gasteiger partial charge in [-0.25, -0.2) is 0 Å². The Morgan fingerprint density at radius 2 is 0.808 bits per heavy atom. The fourth-order valence-corrected chi connectivity index (χ4v) is 13.9. The fourth-order valence-electron chi connectivity index (χ4n) is 8.91. The van der Waals surface area contributed by atoms with Crippen molar-refractivity contribution in [2.45, 2.75) is 0 Å². The Morgan fingerprint density at radius 3 is 1.46 bits per heavy atom. The molecule has 11 rings (SSSR count). The predicted octanol–water partition coefficient (Wildman–Crippen LogP) is 9.36. The van der Waals surface area contributed by atoms with Crippen molar-refractivity contribution in [2.24, 2.45) is 0 Å². The number of benzene rings is 8. The Labute approximate surface area is 302 Å². The molecular formula is C48H32N2OSi. The van der Waals surface area contributed by atoms with E-state index in [9.17, 15) is 0 Å². The van der Waals surface area contributed by atoms with Gasteiger partial charge in [0, 0.05) is 32.9 Å². The van der Waals surface area contributed by atoms with Crippen LogP contribution in [0.15, 0.2) is 194 Å². The Hall–Kier alpha value is -6.62. The third kappa shape index (κ3) is 4.01. The highest BCUT2D eigenvalue weighted by Crippen LogP contribution is 2.37. The van der Waals surface area contributed by atoms with Gasteiger partial charge in [-0.15, -0.1) is 0 Å². The maximum absolute atomic E-state index is 6.64. The smallest absolute Gasteiger partial charge is 0.188 e. The van der Waals surface area contributed by atoms with Crippen molar-refractivity contribution >= 4 is 72.4 Å². The highest BCUT2D eigenvalue weighted by molar-refractivity contribution is 7.20. The molecule has 0 spiro atoms. The zero-order valence-corrected chi connectivity index (χ0v) is 29.3. The average molecular weight is 681 g/mol. The number of ether oxygens (including phenoxy) is 1. The minimum atomic E-state index is -2.83. The van der Waals surface area contributed by atoms with Gasteiger partial charge < -0.3 is 13.9 Å². The lowest BCUT2D eigenvalue weighted by atomic mass is 10.1. The molecule has 0 unspecified atom stereocenters. The van der Waals surface area contributed by atoms with E-state index in [0.29, 0.717) is 0 Å². The SMILES string of the molecule is c1ccc(-n2c3ccccc3c3ccc(-n4c5ccccc5c5ccc([Si]6(c7ccccc7)c7ccccc7Oc7ccccc76)cc54)cc32)cc1. The number of hydrogen-bond donors (Lipinski definition) is 0. The molecule has 0 amide bonds. The second-order valence-electron chi connectivity index (χ2n) is 13.7. The minimum absolute atomic E-state index is 0.941. The normalized spacial score (nSPS) is 13.3. The van der Waals surface area contributed by atoms with Crippen LogP contribution in [0.25, 0.3) is 55.0 Å². The molecule has 0 N–H and O–H groups in total. The molecule has 0 saturated carbocycles. The van der Waals surface area contributed by atoms with Gasteiger partial charge in [-0.2, -0.15) is 0 Å². The van der Waals surface area contributed by atoms with Gasteiger partial charge in [-0.05, 0) is 75.3 Å². The standard InChI is InChI=1S/C48H32N2OSi/c1-3-15-33(16-4-1)49-41-21-9-7-19-37(41)39-29-27-34(31-43(39)49)50-42-22-10-8-20-38(42)40-30-28-36(32-44(40)50)52(35-17-5-2-6-18-35)47-25-13-11-23-45(47)51-46-24-12-14-26-48(46)52/h1-32H. The third-order valence-corrected chi connectivity index (χ3v) is 15.9. The molecule has 0 atom stereocenters. The molecule has 3 heterocycles. The van der Waals surface area contributed by atoms with Crippen molar-refractivity contribution in [3.63, 3.8) is 0 Å². The number of hydrogen-bond acceptors (Lipinski definition) is 1. The quantitative estimate of drug-likeness (QED) is 0.170. The van der Waals surface area contributed by atoms with Gasteiger partial charge >= 0.3 is 0 Å². The number of nitrogens with zero attached hydrogens (tertiary/aromatic N) is 2. The maximum atomic E-state index is 6.64. The first-order valence-electron chi connectivity index (χ1n) is 17.9. The molecule has 4 heteroatoms. The summed E-state index contributed by atoms with van der Waals surface area (Å²) in [6, 6.07) is 71.0. The summed E-state index contributed by atoms with van der Waals surface area (Å²) in [4.78, 5) is 0. The second kappa shape index (κ2) is 11.2. The fraction of sp³-hybridized carbons (Fsp3) is 0. The Bertz CT molecular complexity index is 2950. The van der Waals surface area contributed by atoms with E-state index in [-0.39, 0.29) is 0 Å². The van der Waals surface area contributed by atoms with Gasteiger partial charge in [0.25, 0.3) is 0 Å². The van der Waals surface area contributed by atoms with Gasteiger partial charge in [0.2, 0.25) is 0 Å². The summed E-state index contributed by atoms with van der Waals surface area (Å²) in [5.74, 6) is 1.88. The molecule has 3 nitrogen and oxygen atoms in total. The summed E-state index contributed by atoms with van der Waals surface area (Å²) < 4.78 is 11.5. The van der Waals surface area contributed by atoms with Crippen molar-refractivity contribution in [2.75, 3.05) is 0 Å². The summed E-state index contributed by atoms with van der Waals surface area (Å²) in [5.41, 5.74) is 7.08. The average Bonchev–Trinajstić information content (AvgIpc) is 3.72. The van der Waals surface area contributed by atoms with Gasteiger partial charge in [-0.1, -0.05) is 140 Å². The van der Waals surface area contributed by atoms with Crippen LogP contribution in [0.1, 0.15) is 0 Å². The number of rotatable bonds is 4. The van der Waals surface area contributed by atoms with Gasteiger partial charge in [0.15, 0.2) is 8.07 Å². The van der Waals surface area contributed by atoms with Crippen LogP contribution < -0.4 is 25.5 Å². The lowest BCUT2D eigenvalue weighted by molar-refractivity contribution is 0.487. The topological polar surface area (TPSA) is 19.1 Å². The third-order valence-electron chi connectivity index (χ3n) is 11.0. The molecule has 0 radical (unpaired) electrons. The largest absolute Gasteiger partial charge is 0.458 e. The number of fused-ring (bicyclic) bond motifs is 8. The highest BCUT2D eigenvalue weighted by atomic mass is 28.3. The zero-order valence-electron chi connectivity index (χ0n) is 28.3. The first kappa shape index (κ1) is 29.1. The van der Waals surface area contributed by atoms with Crippen LogP contribution in [0, 0.1) is 0 Å². The number of para-hydroxylation sites is 5. The van der Waals surface area contributed by atoms with E-state index >= 15 is 0 Å². The van der Waals surface area contributed by atoms with Gasteiger partial charge in [0.05, 0.1) is 22.1 Å². The van der Waals surface area contributed by atoms with Crippen LogP contribution >= 0.6 is 0 Å². The summed E-state index contributed by atoms with van der Waals surface area (Å²) in [6.07, 6.45) is 0. The van der Waals surface area contributed by atoms with Crippen LogP contribution in [-0.2, 0) is 0 Å². The molecule has 10 aromatic rings. The van der Waals surface area contributed by atoms with Crippen LogP contribution in [0.2, 0.25) is 0 Å². The van der Waals surface area contributed by atoms with E-state index in [0.717, 1.165) is 22.9 Å². The van der Waals surface area contributed by atoms with E-state index in [1.165, 1.54) is 64.4 Å². The monoisotopic (exact) mass is 680 g/mol. The van der Waals surface area contributed by atoms with Crippen molar-refractivity contribution in [1.82, 2.24) is 9.13 Å². The molecular weight excluding hydrogens is 649 g/mol. The van der Waals surface area contributed by atoms with Crippen LogP contribution in [0.5, 0.6) is 11.5 Å². The molecule has 1 aliphatic heterocycles. The van der Waals surface area contributed by atoms with Crippen LogP contribution in [-0.4, -0.2) is 17.2 Å². The lowest BCUT2D eigenvalue weighted by Crippen LogP contribution is -2.76. The van der Waals surface area contributed by atoms with Crippen molar-refractivity contribution in [3.8, 4) is 22.9 Å². The molecule has 8 aromatic carbocycles. The Kier molecular flexibility index (Phi) is 6.27. The summed E-state index contributed by atoms with van der Waals surface area (Å²) in [6.45, 7) is 0. The summed E-state index contributed by atoms with van der Waals surface area (Å²) in [5, 5.41) is 10.2. The maximum Gasteiger partial charge on any atom is 0.188 e. The molecule has 0 aliphatic carbocycles. The lowest BCUT2D eigenvalue weighted by Gasteiger charge is -2.39. The summed E-state index contributed by atoms with van der Waals surface area (Å²) in [7, 11) is -2.83. The Morgan fingerprint density at radius 1 is 0.327 bits per heavy atom.